The SMILES string of the molecule is CSCCCSc1nnc(C2CCOCC2)n1N. The molecule has 0 unspecified atom stereocenters. The molecule has 0 aromatic carbocycles. The quantitative estimate of drug-likeness (QED) is 0.488. The minimum Gasteiger partial charge on any atom is -0.381 e. The van der Waals surface area contributed by atoms with Crippen LogP contribution in [0.5, 0.6) is 0 Å². The van der Waals surface area contributed by atoms with Crippen LogP contribution in [0.25, 0.3) is 0 Å². The standard InChI is InChI=1S/C11H20N4OS2/c1-17-7-2-8-18-11-14-13-10(15(11)12)9-3-5-16-6-4-9/h9H,2-8,12H2,1H3. The molecule has 0 spiro atoms. The van der Waals surface area contributed by atoms with E-state index in [-0.39, 0.29) is 0 Å². The molecule has 1 aromatic heterocycles. The van der Waals surface area contributed by atoms with Gasteiger partial charge in [-0.25, -0.2) is 4.68 Å². The van der Waals surface area contributed by atoms with E-state index in [2.05, 4.69) is 16.5 Å². The van der Waals surface area contributed by atoms with Crippen LogP contribution in [0.2, 0.25) is 0 Å². The molecule has 1 aliphatic rings. The zero-order valence-corrected chi connectivity index (χ0v) is 12.3. The van der Waals surface area contributed by atoms with Crippen molar-refractivity contribution < 1.29 is 4.74 Å². The van der Waals surface area contributed by atoms with Gasteiger partial charge in [-0.1, -0.05) is 11.8 Å². The summed E-state index contributed by atoms with van der Waals surface area (Å²) in [6, 6.07) is 0. The van der Waals surface area contributed by atoms with Gasteiger partial charge in [0, 0.05) is 24.9 Å². The maximum atomic E-state index is 6.07. The maximum Gasteiger partial charge on any atom is 0.209 e. The lowest BCUT2D eigenvalue weighted by atomic mass is 10.00. The number of nitrogens with two attached hydrogens (primary N) is 1. The van der Waals surface area contributed by atoms with E-state index in [0.29, 0.717) is 5.92 Å². The molecule has 2 rings (SSSR count). The van der Waals surface area contributed by atoms with Crippen LogP contribution >= 0.6 is 23.5 Å². The van der Waals surface area contributed by atoms with Crippen molar-refractivity contribution in [2.24, 2.45) is 0 Å². The molecule has 0 amide bonds. The van der Waals surface area contributed by atoms with Gasteiger partial charge in [-0.2, -0.15) is 11.8 Å². The second-order valence-corrected chi connectivity index (χ2v) is 6.34. The van der Waals surface area contributed by atoms with E-state index in [1.54, 1.807) is 16.4 Å². The average Bonchev–Trinajstić information content (AvgIpc) is 2.77. The largest absolute Gasteiger partial charge is 0.381 e. The summed E-state index contributed by atoms with van der Waals surface area (Å²) in [5.41, 5.74) is 0. The van der Waals surface area contributed by atoms with E-state index in [9.17, 15) is 0 Å². The molecule has 7 heteroatoms. The van der Waals surface area contributed by atoms with Crippen molar-refractivity contribution in [2.45, 2.75) is 30.3 Å². The number of nitrogen functional groups attached to an aromatic ring is 1. The molecule has 2 N–H and O–H groups in total. The molecule has 1 aromatic rings. The van der Waals surface area contributed by atoms with Crippen molar-refractivity contribution in [2.75, 3.05) is 36.8 Å². The summed E-state index contributed by atoms with van der Waals surface area (Å²) in [4.78, 5) is 0. The highest BCUT2D eigenvalue weighted by Gasteiger charge is 2.22. The first-order valence-corrected chi connectivity index (χ1v) is 8.60. The third-order valence-electron chi connectivity index (χ3n) is 3.00. The molecule has 0 aliphatic carbocycles. The van der Waals surface area contributed by atoms with Crippen molar-refractivity contribution in [3.63, 3.8) is 0 Å². The second-order valence-electron chi connectivity index (χ2n) is 4.29. The Morgan fingerprint density at radius 3 is 2.83 bits per heavy atom. The smallest absolute Gasteiger partial charge is 0.209 e. The van der Waals surface area contributed by atoms with E-state index in [4.69, 9.17) is 10.6 Å². The van der Waals surface area contributed by atoms with E-state index in [1.807, 2.05) is 11.8 Å². The average molecular weight is 288 g/mol. The van der Waals surface area contributed by atoms with Crippen molar-refractivity contribution in [3.05, 3.63) is 5.82 Å². The minimum atomic E-state index is 0.400. The van der Waals surface area contributed by atoms with Gasteiger partial charge >= 0.3 is 0 Å². The van der Waals surface area contributed by atoms with Gasteiger partial charge in [0.1, 0.15) is 0 Å². The van der Waals surface area contributed by atoms with Gasteiger partial charge in [0.2, 0.25) is 5.16 Å². The van der Waals surface area contributed by atoms with Crippen molar-refractivity contribution in [1.29, 1.82) is 0 Å². The lowest BCUT2D eigenvalue weighted by molar-refractivity contribution is 0.0830. The third-order valence-corrected chi connectivity index (χ3v) is 4.73. The van der Waals surface area contributed by atoms with Gasteiger partial charge in [-0.3, -0.25) is 0 Å². The molecular weight excluding hydrogens is 268 g/mol. The summed E-state index contributed by atoms with van der Waals surface area (Å²) in [7, 11) is 0. The van der Waals surface area contributed by atoms with Crippen LogP contribution in [0, 0.1) is 0 Å². The summed E-state index contributed by atoms with van der Waals surface area (Å²) in [6.07, 6.45) is 5.28. The molecular formula is C11H20N4OS2. The first-order valence-electron chi connectivity index (χ1n) is 6.22. The van der Waals surface area contributed by atoms with Gasteiger partial charge in [-0.15, -0.1) is 10.2 Å². The molecule has 1 saturated heterocycles. The molecule has 0 atom stereocenters. The Bertz CT molecular complexity index is 366. The molecule has 18 heavy (non-hydrogen) atoms. The Balaban J connectivity index is 1.90. The van der Waals surface area contributed by atoms with Gasteiger partial charge in [0.15, 0.2) is 5.82 Å². The Morgan fingerprint density at radius 2 is 2.11 bits per heavy atom. The first kappa shape index (κ1) is 14.0. The van der Waals surface area contributed by atoms with E-state index >= 15 is 0 Å². The molecule has 0 bridgehead atoms. The Hall–Kier alpha value is -0.400. The number of hydrogen-bond acceptors (Lipinski definition) is 6. The molecule has 1 aliphatic heterocycles. The predicted molar refractivity (Wildman–Crippen MR) is 76.7 cm³/mol. The Kier molecular flexibility index (Phi) is 5.65. The number of aromatic nitrogens is 3. The fourth-order valence-corrected chi connectivity index (χ4v) is 3.41. The molecule has 0 saturated carbocycles. The lowest BCUT2D eigenvalue weighted by Crippen LogP contribution is -2.22. The maximum absolute atomic E-state index is 6.07. The van der Waals surface area contributed by atoms with Gasteiger partial charge in [-0.05, 0) is 31.3 Å². The molecule has 2 heterocycles. The van der Waals surface area contributed by atoms with Crippen molar-refractivity contribution in [1.82, 2.24) is 14.9 Å². The highest BCUT2D eigenvalue weighted by molar-refractivity contribution is 7.99. The highest BCUT2D eigenvalue weighted by Crippen LogP contribution is 2.27. The van der Waals surface area contributed by atoms with E-state index < -0.39 is 0 Å². The highest BCUT2D eigenvalue weighted by atomic mass is 32.2. The van der Waals surface area contributed by atoms with Crippen molar-refractivity contribution >= 4 is 23.5 Å². The van der Waals surface area contributed by atoms with Crippen LogP contribution in [-0.2, 0) is 4.74 Å². The third kappa shape index (κ3) is 3.55. The van der Waals surface area contributed by atoms with Crippen LogP contribution in [0.4, 0.5) is 0 Å². The summed E-state index contributed by atoms with van der Waals surface area (Å²) in [6.45, 7) is 1.60. The summed E-state index contributed by atoms with van der Waals surface area (Å²) in [5, 5.41) is 9.27. The van der Waals surface area contributed by atoms with Gasteiger partial charge < -0.3 is 10.6 Å². The van der Waals surface area contributed by atoms with Crippen LogP contribution < -0.4 is 5.84 Å². The van der Waals surface area contributed by atoms with Crippen molar-refractivity contribution in [3.8, 4) is 0 Å². The van der Waals surface area contributed by atoms with Crippen LogP contribution in [0.1, 0.15) is 31.0 Å². The number of rotatable bonds is 6. The Morgan fingerprint density at radius 1 is 1.33 bits per heavy atom. The monoisotopic (exact) mass is 288 g/mol. The van der Waals surface area contributed by atoms with Crippen LogP contribution in [0.3, 0.4) is 0 Å². The molecule has 102 valence electrons. The molecule has 0 radical (unpaired) electrons. The lowest BCUT2D eigenvalue weighted by Gasteiger charge is -2.20. The molecule has 5 nitrogen and oxygen atoms in total. The number of hydrogen-bond donors (Lipinski definition) is 1. The zero-order valence-electron chi connectivity index (χ0n) is 10.7. The number of ether oxygens (including phenoxy) is 1. The predicted octanol–water partition coefficient (Wildman–Crippen LogP) is 1.73. The second kappa shape index (κ2) is 7.25. The first-order chi connectivity index (χ1) is 8.83. The summed E-state index contributed by atoms with van der Waals surface area (Å²) in [5.74, 6) is 9.61. The summed E-state index contributed by atoms with van der Waals surface area (Å²) >= 11 is 3.56. The fraction of sp³-hybridized carbons (Fsp3) is 0.818. The number of nitrogens with zero attached hydrogens (tertiary/aromatic N) is 3. The topological polar surface area (TPSA) is 66.0 Å². The molecule has 1 fully saturated rings. The normalized spacial score (nSPS) is 17.2. The van der Waals surface area contributed by atoms with Gasteiger partial charge in [0.25, 0.3) is 0 Å². The fourth-order valence-electron chi connectivity index (χ4n) is 1.99. The summed E-state index contributed by atoms with van der Waals surface area (Å²) < 4.78 is 7.02. The zero-order chi connectivity index (χ0) is 12.8. The minimum absolute atomic E-state index is 0.400. The van der Waals surface area contributed by atoms with E-state index in [0.717, 1.165) is 42.8 Å². The van der Waals surface area contributed by atoms with Crippen LogP contribution in [-0.4, -0.2) is 45.8 Å². The van der Waals surface area contributed by atoms with Gasteiger partial charge in [0.05, 0.1) is 0 Å². The number of thioether (sulfide) groups is 2. The van der Waals surface area contributed by atoms with Crippen LogP contribution in [0.15, 0.2) is 5.16 Å². The Labute approximate surface area is 116 Å². The van der Waals surface area contributed by atoms with E-state index in [1.165, 1.54) is 12.2 Å².